The van der Waals surface area contributed by atoms with Gasteiger partial charge < -0.3 is 14.8 Å². The van der Waals surface area contributed by atoms with Crippen molar-refractivity contribution < 1.29 is 23.9 Å². The molecule has 0 bridgehead atoms. The number of hydrogen-bond acceptors (Lipinski definition) is 6. The lowest BCUT2D eigenvalue weighted by Crippen LogP contribution is -2.34. The fourth-order valence-corrected chi connectivity index (χ4v) is 3.56. The number of benzene rings is 4. The van der Waals surface area contributed by atoms with Gasteiger partial charge in [-0.1, -0.05) is 48.0 Å². The Morgan fingerprint density at radius 3 is 2.30 bits per heavy atom. The Balaban J connectivity index is 1.46. The molecule has 37 heavy (non-hydrogen) atoms. The van der Waals surface area contributed by atoms with E-state index in [0.29, 0.717) is 22.4 Å². The highest BCUT2D eigenvalue weighted by Gasteiger charge is 2.14. The van der Waals surface area contributed by atoms with E-state index in [1.165, 1.54) is 6.21 Å². The van der Waals surface area contributed by atoms with Gasteiger partial charge in [0, 0.05) is 11.1 Å². The molecule has 0 radical (unpaired) electrons. The molecule has 0 aliphatic heterocycles. The number of nitrogens with one attached hydrogen (secondary N) is 2. The lowest BCUT2D eigenvalue weighted by molar-refractivity contribution is -0.120. The maximum absolute atomic E-state index is 12.8. The molecule has 0 saturated carbocycles. The van der Waals surface area contributed by atoms with Crippen LogP contribution < -0.4 is 20.2 Å². The van der Waals surface area contributed by atoms with Crippen LogP contribution in [0.2, 0.25) is 0 Å². The summed E-state index contributed by atoms with van der Waals surface area (Å²) in [6, 6.07) is 24.6. The average Bonchev–Trinajstić information content (AvgIpc) is 2.93. The minimum atomic E-state index is -0.546. The summed E-state index contributed by atoms with van der Waals surface area (Å²) >= 11 is 0. The summed E-state index contributed by atoms with van der Waals surface area (Å²) in [5, 5.41) is 8.28. The van der Waals surface area contributed by atoms with Gasteiger partial charge in [0.25, 0.3) is 11.8 Å². The Morgan fingerprint density at radius 1 is 0.865 bits per heavy atom. The van der Waals surface area contributed by atoms with Gasteiger partial charge in [-0.15, -0.1) is 0 Å². The highest BCUT2D eigenvalue weighted by Crippen LogP contribution is 2.27. The van der Waals surface area contributed by atoms with E-state index in [9.17, 15) is 14.4 Å². The summed E-state index contributed by atoms with van der Waals surface area (Å²) in [6.45, 7) is 1.67. The minimum absolute atomic E-state index is 0.251. The number of ether oxygens (including phenoxy) is 2. The van der Waals surface area contributed by atoms with Crippen LogP contribution in [-0.4, -0.2) is 37.7 Å². The van der Waals surface area contributed by atoms with Crippen LogP contribution >= 0.6 is 0 Å². The maximum atomic E-state index is 12.8. The summed E-state index contributed by atoms with van der Waals surface area (Å²) in [5.74, 6) is -0.504. The Labute approximate surface area is 213 Å². The van der Waals surface area contributed by atoms with E-state index < -0.39 is 11.9 Å². The van der Waals surface area contributed by atoms with Gasteiger partial charge in [0.1, 0.15) is 11.5 Å². The molecule has 2 N–H and O–H groups in total. The zero-order chi connectivity index (χ0) is 26.2. The van der Waals surface area contributed by atoms with E-state index in [1.54, 1.807) is 49.6 Å². The first-order valence-electron chi connectivity index (χ1n) is 11.5. The van der Waals surface area contributed by atoms with E-state index in [2.05, 4.69) is 15.8 Å². The largest absolute Gasteiger partial charge is 0.497 e. The van der Waals surface area contributed by atoms with E-state index in [1.807, 2.05) is 49.4 Å². The smallest absolute Gasteiger partial charge is 0.343 e. The zero-order valence-corrected chi connectivity index (χ0v) is 20.4. The Bertz CT molecular complexity index is 1460. The molecule has 0 aromatic heterocycles. The topological polar surface area (TPSA) is 106 Å². The van der Waals surface area contributed by atoms with E-state index in [0.717, 1.165) is 16.3 Å². The van der Waals surface area contributed by atoms with Crippen molar-refractivity contribution in [1.29, 1.82) is 0 Å². The number of carbonyl (C=O) groups excluding carboxylic acids is 3. The van der Waals surface area contributed by atoms with E-state index in [4.69, 9.17) is 9.47 Å². The van der Waals surface area contributed by atoms with Crippen LogP contribution in [0.3, 0.4) is 0 Å². The molecule has 0 heterocycles. The van der Waals surface area contributed by atoms with Gasteiger partial charge in [0.15, 0.2) is 0 Å². The van der Waals surface area contributed by atoms with Crippen LogP contribution in [0.4, 0.5) is 0 Å². The summed E-state index contributed by atoms with van der Waals surface area (Å²) in [6.07, 6.45) is 1.42. The Hall–Kier alpha value is -4.98. The van der Waals surface area contributed by atoms with Gasteiger partial charge in [0.05, 0.1) is 25.4 Å². The van der Waals surface area contributed by atoms with Crippen molar-refractivity contribution in [1.82, 2.24) is 10.7 Å². The summed E-state index contributed by atoms with van der Waals surface area (Å²) in [5.41, 5.74) is 4.76. The molecule has 8 heteroatoms. The molecule has 4 aromatic carbocycles. The average molecular weight is 496 g/mol. The molecule has 4 aromatic rings. The number of esters is 1. The van der Waals surface area contributed by atoms with Crippen molar-refractivity contribution in [2.45, 2.75) is 6.92 Å². The molecule has 0 spiro atoms. The molecule has 2 amide bonds. The van der Waals surface area contributed by atoms with Crippen molar-refractivity contribution in [2.75, 3.05) is 13.7 Å². The summed E-state index contributed by atoms with van der Waals surface area (Å²) < 4.78 is 10.8. The van der Waals surface area contributed by atoms with E-state index >= 15 is 0 Å². The first-order chi connectivity index (χ1) is 17.9. The number of hydrogen-bond donors (Lipinski definition) is 2. The molecule has 0 aliphatic rings. The molecule has 4 rings (SSSR count). The number of aryl methyl sites for hydroxylation is 1. The lowest BCUT2D eigenvalue weighted by Gasteiger charge is -2.11. The molecule has 0 unspecified atom stereocenters. The Morgan fingerprint density at radius 2 is 1.57 bits per heavy atom. The number of hydrazone groups is 1. The van der Waals surface area contributed by atoms with Crippen molar-refractivity contribution in [3.8, 4) is 11.5 Å². The third-order valence-electron chi connectivity index (χ3n) is 5.57. The van der Waals surface area contributed by atoms with Gasteiger partial charge >= 0.3 is 5.97 Å². The zero-order valence-electron chi connectivity index (χ0n) is 20.4. The van der Waals surface area contributed by atoms with Crippen LogP contribution in [0.15, 0.2) is 90.0 Å². The second kappa shape index (κ2) is 11.6. The van der Waals surface area contributed by atoms with Crippen LogP contribution in [-0.2, 0) is 4.79 Å². The highest BCUT2D eigenvalue weighted by atomic mass is 16.5. The van der Waals surface area contributed by atoms with Crippen molar-refractivity contribution in [3.63, 3.8) is 0 Å². The molecule has 0 atom stereocenters. The number of carbonyl (C=O) groups is 3. The van der Waals surface area contributed by atoms with E-state index in [-0.39, 0.29) is 18.2 Å². The molecule has 186 valence electrons. The van der Waals surface area contributed by atoms with Crippen molar-refractivity contribution in [2.24, 2.45) is 5.10 Å². The fourth-order valence-electron chi connectivity index (χ4n) is 3.56. The molecular weight excluding hydrogens is 470 g/mol. The normalized spacial score (nSPS) is 10.8. The maximum Gasteiger partial charge on any atom is 0.343 e. The number of nitrogens with zero attached hydrogens (tertiary/aromatic N) is 1. The first kappa shape index (κ1) is 25.1. The van der Waals surface area contributed by atoms with Gasteiger partial charge in [-0.3, -0.25) is 9.59 Å². The van der Waals surface area contributed by atoms with Gasteiger partial charge in [-0.05, 0) is 60.2 Å². The molecule has 0 saturated heterocycles. The van der Waals surface area contributed by atoms with Crippen molar-refractivity contribution >= 4 is 34.8 Å². The molecule has 8 nitrogen and oxygen atoms in total. The Kier molecular flexibility index (Phi) is 7.90. The number of amides is 2. The number of rotatable bonds is 8. The SMILES string of the molecule is COc1ccc(C(=O)Oc2ccc3ccccc3c2C=NNC(=O)CNC(=O)c2ccc(C)cc2)cc1. The van der Waals surface area contributed by atoms with Crippen LogP contribution in [0.25, 0.3) is 10.8 Å². The molecular formula is C29H25N3O5. The third kappa shape index (κ3) is 6.37. The second-order valence-corrected chi connectivity index (χ2v) is 8.16. The van der Waals surface area contributed by atoms with Gasteiger partial charge in [0.2, 0.25) is 0 Å². The van der Waals surface area contributed by atoms with Crippen LogP contribution in [0, 0.1) is 6.92 Å². The number of methoxy groups -OCH3 is 1. The quantitative estimate of drug-likeness (QED) is 0.164. The predicted molar refractivity (Wildman–Crippen MR) is 141 cm³/mol. The summed E-state index contributed by atoms with van der Waals surface area (Å²) in [7, 11) is 1.55. The van der Waals surface area contributed by atoms with Crippen molar-refractivity contribution in [3.05, 3.63) is 107 Å². The fraction of sp³-hybridized carbons (Fsp3) is 0.103. The second-order valence-electron chi connectivity index (χ2n) is 8.16. The lowest BCUT2D eigenvalue weighted by atomic mass is 10.0. The highest BCUT2D eigenvalue weighted by molar-refractivity contribution is 6.04. The summed E-state index contributed by atoms with van der Waals surface area (Å²) in [4.78, 5) is 37.2. The predicted octanol–water partition coefficient (Wildman–Crippen LogP) is 4.26. The van der Waals surface area contributed by atoms with Crippen LogP contribution in [0.5, 0.6) is 11.5 Å². The molecule has 0 aliphatic carbocycles. The van der Waals surface area contributed by atoms with Crippen LogP contribution in [0.1, 0.15) is 31.8 Å². The standard InChI is InChI=1S/C29H25N3O5/c1-19-7-9-21(10-8-19)28(34)30-18-27(33)32-31-17-25-24-6-4-3-5-20(24)13-16-26(25)37-29(35)22-11-14-23(36-2)15-12-22/h3-17H,18H2,1-2H3,(H,30,34)(H,32,33). The first-order valence-corrected chi connectivity index (χ1v) is 11.5. The monoisotopic (exact) mass is 495 g/mol. The van der Waals surface area contributed by atoms with Gasteiger partial charge in [-0.25, -0.2) is 10.2 Å². The minimum Gasteiger partial charge on any atom is -0.497 e. The third-order valence-corrected chi connectivity index (χ3v) is 5.57. The van der Waals surface area contributed by atoms with Gasteiger partial charge in [-0.2, -0.15) is 5.10 Å². The molecule has 0 fully saturated rings. The number of fused-ring (bicyclic) bond motifs is 1.